The average molecular weight is 526 g/mol. The van der Waals surface area contributed by atoms with Gasteiger partial charge in [0.25, 0.3) is 0 Å². The Morgan fingerprint density at radius 3 is 2.37 bits per heavy atom. The molecule has 1 aromatic rings. The maximum atomic E-state index is 13.4. The number of nitrogens with zero attached hydrogens (tertiary/aromatic N) is 2. The van der Waals surface area contributed by atoms with Crippen LogP contribution in [-0.2, 0) is 25.7 Å². The number of rotatable bonds is 10. The molecular weight excluding hydrogens is 486 g/mol. The van der Waals surface area contributed by atoms with Gasteiger partial charge in [0.2, 0.25) is 11.8 Å². The summed E-state index contributed by atoms with van der Waals surface area (Å²) in [4.78, 5) is 53.9. The smallest absolute Gasteiger partial charge is 0.338 e. The van der Waals surface area contributed by atoms with Crippen molar-refractivity contribution in [2.24, 2.45) is 23.2 Å². The molecule has 3 unspecified atom stereocenters. The second kappa shape index (κ2) is 11.0. The van der Waals surface area contributed by atoms with Crippen LogP contribution in [0.1, 0.15) is 67.3 Å². The van der Waals surface area contributed by atoms with Gasteiger partial charge in [-0.3, -0.25) is 19.3 Å². The topological polar surface area (TPSA) is 116 Å². The fraction of sp³-hybridized carbons (Fsp3) is 0.655. The lowest BCUT2D eigenvalue weighted by atomic mass is 9.67. The molecule has 4 bridgehead atoms. The molecule has 9 heteroatoms. The largest absolute Gasteiger partial charge is 0.481 e. The highest BCUT2D eigenvalue weighted by atomic mass is 16.5. The van der Waals surface area contributed by atoms with E-state index in [1.54, 1.807) is 17.0 Å². The standard InChI is InChI=1S/C29H39N3O6/c1-38-28(37)23-5-3-2-4-20(23)18-31-8-10-32(11-9-31)27(36)24(6-7-26(34)35)30-25(33)17-29-14-19-12-21(15-29)22(13-19)16-29/h2-5,19,21-22,24H,6-18H2,1H3,(H,30,33)(H,34,35). The normalized spacial score (nSPS) is 28.8. The van der Waals surface area contributed by atoms with E-state index in [-0.39, 0.29) is 36.0 Å². The molecule has 6 rings (SSSR count). The molecule has 1 heterocycles. The van der Waals surface area contributed by atoms with E-state index in [0.29, 0.717) is 44.7 Å². The number of carboxylic acid groups (broad SMARTS) is 1. The maximum absolute atomic E-state index is 13.4. The van der Waals surface area contributed by atoms with Gasteiger partial charge in [0.15, 0.2) is 0 Å². The van der Waals surface area contributed by atoms with Gasteiger partial charge in [-0.15, -0.1) is 0 Å². The lowest BCUT2D eigenvalue weighted by molar-refractivity contribution is -0.141. The van der Waals surface area contributed by atoms with Crippen LogP contribution < -0.4 is 5.32 Å². The molecule has 9 nitrogen and oxygen atoms in total. The molecule has 4 aliphatic carbocycles. The number of carbonyl (C=O) groups is 4. The summed E-state index contributed by atoms with van der Waals surface area (Å²) in [6, 6.07) is 6.52. The van der Waals surface area contributed by atoms with Crippen LogP contribution in [0.15, 0.2) is 24.3 Å². The van der Waals surface area contributed by atoms with Crippen molar-refractivity contribution in [1.82, 2.24) is 15.1 Å². The van der Waals surface area contributed by atoms with Crippen molar-refractivity contribution in [3.63, 3.8) is 0 Å². The first-order valence-corrected chi connectivity index (χ1v) is 13.9. The first-order chi connectivity index (χ1) is 18.2. The van der Waals surface area contributed by atoms with Crippen LogP contribution in [0, 0.1) is 23.2 Å². The van der Waals surface area contributed by atoms with Crippen molar-refractivity contribution < 1.29 is 29.0 Å². The zero-order chi connectivity index (χ0) is 26.9. The van der Waals surface area contributed by atoms with Gasteiger partial charge in [-0.25, -0.2) is 4.79 Å². The molecule has 0 aromatic heterocycles. The Morgan fingerprint density at radius 2 is 1.74 bits per heavy atom. The molecule has 3 atom stereocenters. The lowest BCUT2D eigenvalue weighted by Crippen LogP contribution is -2.55. The summed E-state index contributed by atoms with van der Waals surface area (Å²) in [5.41, 5.74) is 1.49. The van der Waals surface area contributed by atoms with Crippen molar-refractivity contribution in [2.45, 2.75) is 64.0 Å². The molecule has 5 aliphatic rings. The summed E-state index contributed by atoms with van der Waals surface area (Å²) in [6.07, 6.45) is 6.35. The molecule has 5 fully saturated rings. The Hall–Kier alpha value is -2.94. The van der Waals surface area contributed by atoms with E-state index in [0.717, 1.165) is 42.6 Å². The number of nitrogens with one attached hydrogen (secondary N) is 1. The minimum atomic E-state index is -0.976. The monoisotopic (exact) mass is 525 g/mol. The number of hydrogen-bond acceptors (Lipinski definition) is 6. The summed E-state index contributed by atoms with van der Waals surface area (Å²) in [7, 11) is 1.37. The molecular formula is C29H39N3O6. The van der Waals surface area contributed by atoms with E-state index in [1.165, 1.54) is 20.0 Å². The van der Waals surface area contributed by atoms with Crippen molar-refractivity contribution in [3.8, 4) is 0 Å². The molecule has 2 N–H and O–H groups in total. The molecule has 0 spiro atoms. The SMILES string of the molecule is COC(=O)c1ccccc1CN1CCN(C(=O)C(CCC(=O)O)NC(=O)CC23CC4CC(C2)C(C4)C3)CC1. The number of hydrogen-bond donors (Lipinski definition) is 2. The Morgan fingerprint density at radius 1 is 1.05 bits per heavy atom. The number of piperazine rings is 1. The van der Waals surface area contributed by atoms with Crippen LogP contribution in [0.4, 0.5) is 0 Å². The first kappa shape index (κ1) is 26.7. The summed E-state index contributed by atoms with van der Waals surface area (Å²) in [5.74, 6) is 0.612. The van der Waals surface area contributed by atoms with Crippen LogP contribution >= 0.6 is 0 Å². The van der Waals surface area contributed by atoms with Crippen LogP contribution in [0.2, 0.25) is 0 Å². The second-order valence-corrected chi connectivity index (χ2v) is 11.9. The van der Waals surface area contributed by atoms with E-state index in [9.17, 15) is 24.3 Å². The van der Waals surface area contributed by atoms with Gasteiger partial charge in [-0.2, -0.15) is 0 Å². The summed E-state index contributed by atoms with van der Waals surface area (Å²) < 4.78 is 4.90. The third-order valence-electron chi connectivity index (χ3n) is 9.37. The first-order valence-electron chi connectivity index (χ1n) is 13.9. The minimum absolute atomic E-state index is 0.0765. The highest BCUT2D eigenvalue weighted by Gasteiger charge is 2.56. The van der Waals surface area contributed by atoms with E-state index >= 15 is 0 Å². The van der Waals surface area contributed by atoms with Crippen molar-refractivity contribution in [1.29, 1.82) is 0 Å². The third-order valence-corrected chi connectivity index (χ3v) is 9.37. The zero-order valence-corrected chi connectivity index (χ0v) is 22.2. The number of methoxy groups -OCH3 is 1. The molecule has 4 saturated carbocycles. The Bertz CT molecular complexity index is 1060. The van der Waals surface area contributed by atoms with E-state index in [1.807, 2.05) is 12.1 Å². The van der Waals surface area contributed by atoms with Crippen LogP contribution in [0.25, 0.3) is 0 Å². The summed E-state index contributed by atoms with van der Waals surface area (Å²) >= 11 is 0. The highest BCUT2D eigenvalue weighted by molar-refractivity contribution is 5.91. The highest BCUT2D eigenvalue weighted by Crippen LogP contribution is 2.65. The van der Waals surface area contributed by atoms with Crippen molar-refractivity contribution in [2.75, 3.05) is 33.3 Å². The quantitative estimate of drug-likeness (QED) is 0.451. The van der Waals surface area contributed by atoms with Crippen molar-refractivity contribution in [3.05, 3.63) is 35.4 Å². The third kappa shape index (κ3) is 5.72. The molecule has 0 radical (unpaired) electrons. The fourth-order valence-electron chi connectivity index (χ4n) is 7.86. The van der Waals surface area contributed by atoms with Gasteiger partial charge in [0, 0.05) is 45.6 Å². The van der Waals surface area contributed by atoms with E-state index in [2.05, 4.69) is 10.2 Å². The molecule has 2 amide bonds. The van der Waals surface area contributed by atoms with Crippen LogP contribution in [-0.4, -0.2) is 78.0 Å². The minimum Gasteiger partial charge on any atom is -0.481 e. The van der Waals surface area contributed by atoms with Crippen molar-refractivity contribution >= 4 is 23.8 Å². The van der Waals surface area contributed by atoms with Crippen LogP contribution in [0.3, 0.4) is 0 Å². The Labute approximate surface area is 223 Å². The predicted octanol–water partition coefficient (Wildman–Crippen LogP) is 2.68. The zero-order valence-electron chi connectivity index (χ0n) is 22.2. The number of amides is 2. The number of esters is 1. The molecule has 38 heavy (non-hydrogen) atoms. The van der Waals surface area contributed by atoms with Gasteiger partial charge < -0.3 is 20.1 Å². The molecule has 206 valence electrons. The summed E-state index contributed by atoms with van der Waals surface area (Å²) in [6.45, 7) is 2.76. The average Bonchev–Trinajstić information content (AvgIpc) is 3.31. The maximum Gasteiger partial charge on any atom is 0.338 e. The number of carbonyl (C=O) groups excluding carboxylic acids is 3. The molecule has 1 saturated heterocycles. The number of carboxylic acids is 1. The number of ether oxygens (including phenoxy) is 1. The lowest BCUT2D eigenvalue weighted by Gasteiger charge is -2.39. The predicted molar refractivity (Wildman–Crippen MR) is 139 cm³/mol. The van der Waals surface area contributed by atoms with Gasteiger partial charge in [0.1, 0.15) is 6.04 Å². The molecule has 1 aromatic carbocycles. The summed E-state index contributed by atoms with van der Waals surface area (Å²) in [5, 5.41) is 12.2. The Kier molecular flexibility index (Phi) is 7.75. The number of benzene rings is 1. The second-order valence-electron chi connectivity index (χ2n) is 11.9. The number of aliphatic carboxylic acids is 1. The van der Waals surface area contributed by atoms with Gasteiger partial charge in [0.05, 0.1) is 12.7 Å². The van der Waals surface area contributed by atoms with Gasteiger partial charge in [-0.05, 0) is 73.3 Å². The van der Waals surface area contributed by atoms with E-state index in [4.69, 9.17) is 4.74 Å². The Balaban J connectivity index is 1.17. The van der Waals surface area contributed by atoms with Crippen LogP contribution in [0.5, 0.6) is 0 Å². The van der Waals surface area contributed by atoms with E-state index < -0.39 is 12.0 Å². The molecule has 1 aliphatic heterocycles. The van der Waals surface area contributed by atoms with Gasteiger partial charge in [-0.1, -0.05) is 18.2 Å². The fourth-order valence-corrected chi connectivity index (χ4v) is 7.86. The van der Waals surface area contributed by atoms with Gasteiger partial charge >= 0.3 is 11.9 Å².